The van der Waals surface area contributed by atoms with Gasteiger partial charge in [0.05, 0.1) is 25.5 Å². The van der Waals surface area contributed by atoms with Gasteiger partial charge in [0.2, 0.25) is 0 Å². The Morgan fingerprint density at radius 2 is 1.90 bits per heavy atom. The molecule has 1 N–H and O–H groups in total. The maximum atomic E-state index is 10.9. The van der Waals surface area contributed by atoms with Crippen molar-refractivity contribution in [3.8, 4) is 17.6 Å². The van der Waals surface area contributed by atoms with Crippen LogP contribution in [0.5, 0.6) is 0 Å². The summed E-state index contributed by atoms with van der Waals surface area (Å²) in [5.41, 5.74) is 2.10. The van der Waals surface area contributed by atoms with Crippen LogP contribution in [0.15, 0.2) is 24.4 Å². The third-order valence-corrected chi connectivity index (χ3v) is 6.93. The molecule has 0 bridgehead atoms. The smallest absolute Gasteiger partial charge is 0.180 e. The van der Waals surface area contributed by atoms with Gasteiger partial charge in [0.1, 0.15) is 17.3 Å². The number of rotatable bonds is 3. The predicted octanol–water partition coefficient (Wildman–Crippen LogP) is 1.63. The number of nitriles is 1. The molecule has 5 rings (SSSR count). The predicted molar refractivity (Wildman–Crippen MR) is 115 cm³/mol. The van der Waals surface area contributed by atoms with Gasteiger partial charge in [-0.25, -0.2) is 15.0 Å². The molecule has 4 atom stereocenters. The highest BCUT2D eigenvalue weighted by Crippen LogP contribution is 2.40. The largest absolute Gasteiger partial charge is 0.391 e. The van der Waals surface area contributed by atoms with Crippen molar-refractivity contribution < 1.29 is 9.84 Å². The summed E-state index contributed by atoms with van der Waals surface area (Å²) in [6, 6.07) is 8.22. The van der Waals surface area contributed by atoms with E-state index in [0.717, 1.165) is 57.9 Å². The van der Waals surface area contributed by atoms with Crippen LogP contribution in [-0.4, -0.2) is 76.5 Å². The van der Waals surface area contributed by atoms with Crippen LogP contribution in [0.3, 0.4) is 0 Å². The van der Waals surface area contributed by atoms with Crippen molar-refractivity contribution >= 4 is 5.82 Å². The third-order valence-electron chi connectivity index (χ3n) is 6.93. The molecular formula is C23H28N6O2. The molecule has 0 amide bonds. The lowest BCUT2D eigenvalue weighted by atomic mass is 9.77. The number of anilines is 1. The molecule has 3 aliphatic rings. The number of ether oxygens (including phenoxy) is 1. The SMILES string of the molecule is Cc1cccc(-c2ncc(C#N)c(N3C[C@H]4C[C@@H](N5CCOCC5)[C@H](O)C[C@H]4C3)n2)n1. The van der Waals surface area contributed by atoms with Gasteiger partial charge in [-0.3, -0.25) is 4.90 Å². The van der Waals surface area contributed by atoms with E-state index in [0.29, 0.717) is 34.7 Å². The molecule has 0 unspecified atom stereocenters. The Morgan fingerprint density at radius 3 is 2.65 bits per heavy atom. The van der Waals surface area contributed by atoms with Crippen LogP contribution in [0, 0.1) is 30.1 Å². The third kappa shape index (κ3) is 4.01. The zero-order valence-electron chi connectivity index (χ0n) is 17.8. The molecule has 31 heavy (non-hydrogen) atoms. The van der Waals surface area contributed by atoms with Gasteiger partial charge in [-0.2, -0.15) is 5.26 Å². The van der Waals surface area contributed by atoms with Crippen LogP contribution in [0.4, 0.5) is 5.82 Å². The quantitative estimate of drug-likeness (QED) is 0.800. The molecule has 8 nitrogen and oxygen atoms in total. The van der Waals surface area contributed by atoms with Gasteiger partial charge in [0, 0.05) is 37.9 Å². The molecule has 2 aromatic rings. The number of aromatic nitrogens is 3. The van der Waals surface area contributed by atoms with Crippen LogP contribution in [0.2, 0.25) is 0 Å². The van der Waals surface area contributed by atoms with E-state index >= 15 is 0 Å². The van der Waals surface area contributed by atoms with Gasteiger partial charge in [-0.05, 0) is 43.7 Å². The molecule has 1 aliphatic carbocycles. The monoisotopic (exact) mass is 420 g/mol. The van der Waals surface area contributed by atoms with E-state index in [4.69, 9.17) is 9.72 Å². The van der Waals surface area contributed by atoms with Crippen LogP contribution in [0.1, 0.15) is 24.1 Å². The zero-order valence-corrected chi connectivity index (χ0v) is 17.8. The van der Waals surface area contributed by atoms with Crippen molar-refractivity contribution in [3.05, 3.63) is 35.7 Å². The molecular weight excluding hydrogens is 392 g/mol. The van der Waals surface area contributed by atoms with Crippen LogP contribution < -0.4 is 4.90 Å². The number of nitrogens with zero attached hydrogens (tertiary/aromatic N) is 6. The van der Waals surface area contributed by atoms with Crippen molar-refractivity contribution in [2.24, 2.45) is 11.8 Å². The zero-order chi connectivity index (χ0) is 21.4. The lowest BCUT2D eigenvalue weighted by Gasteiger charge is -2.43. The molecule has 0 aromatic carbocycles. The average molecular weight is 421 g/mol. The Hall–Kier alpha value is -2.60. The second kappa shape index (κ2) is 8.50. The van der Waals surface area contributed by atoms with Crippen LogP contribution in [-0.2, 0) is 4.74 Å². The Bertz CT molecular complexity index is 986. The van der Waals surface area contributed by atoms with E-state index in [2.05, 4.69) is 25.8 Å². The number of aliphatic hydroxyl groups is 1. The molecule has 2 aliphatic heterocycles. The molecule has 8 heteroatoms. The van der Waals surface area contributed by atoms with Crippen molar-refractivity contribution in [2.45, 2.75) is 31.9 Å². The van der Waals surface area contributed by atoms with E-state index in [1.54, 1.807) is 6.20 Å². The molecule has 4 heterocycles. The molecule has 0 radical (unpaired) electrons. The second-order valence-electron chi connectivity index (χ2n) is 8.89. The fourth-order valence-corrected chi connectivity index (χ4v) is 5.37. The van der Waals surface area contributed by atoms with Gasteiger partial charge >= 0.3 is 0 Å². The molecule has 2 aromatic heterocycles. The van der Waals surface area contributed by atoms with E-state index in [9.17, 15) is 10.4 Å². The van der Waals surface area contributed by atoms with E-state index in [1.807, 2.05) is 25.1 Å². The highest BCUT2D eigenvalue weighted by molar-refractivity contribution is 5.59. The standard InChI is InChI=1S/C23H28N6O2/c1-15-3-2-4-19(26-15)22-25-12-18(11-24)23(27-22)29-13-16-9-20(21(30)10-17(16)14-29)28-5-7-31-8-6-28/h2-4,12,16-17,20-21,30H,5-10,13-14H2,1H3/t16-,17+,20-,21-/m1/s1. The van der Waals surface area contributed by atoms with Gasteiger partial charge in [-0.1, -0.05) is 6.07 Å². The summed E-state index contributed by atoms with van der Waals surface area (Å²) in [5.74, 6) is 2.12. The van der Waals surface area contributed by atoms with Gasteiger partial charge in [0.25, 0.3) is 0 Å². The Morgan fingerprint density at radius 1 is 1.13 bits per heavy atom. The summed E-state index contributed by atoms with van der Waals surface area (Å²) in [4.78, 5) is 18.3. The van der Waals surface area contributed by atoms with E-state index in [-0.39, 0.29) is 12.1 Å². The fraction of sp³-hybridized carbons (Fsp3) is 0.565. The Balaban J connectivity index is 1.38. The minimum Gasteiger partial charge on any atom is -0.391 e. The minimum absolute atomic E-state index is 0.193. The molecule has 3 fully saturated rings. The first-order chi connectivity index (χ1) is 15.1. The average Bonchev–Trinajstić information content (AvgIpc) is 3.21. The Kier molecular flexibility index (Phi) is 5.57. The lowest BCUT2D eigenvalue weighted by molar-refractivity contribution is -0.0520. The van der Waals surface area contributed by atoms with Crippen LogP contribution >= 0.6 is 0 Å². The second-order valence-corrected chi connectivity index (χ2v) is 8.89. The first-order valence-electron chi connectivity index (χ1n) is 11.1. The van der Waals surface area contributed by atoms with E-state index < -0.39 is 0 Å². The Labute approximate surface area is 182 Å². The first kappa shape index (κ1) is 20.3. The highest BCUT2D eigenvalue weighted by atomic mass is 16.5. The molecule has 2 saturated heterocycles. The van der Waals surface area contributed by atoms with Crippen molar-refractivity contribution in [1.29, 1.82) is 5.26 Å². The number of fused-ring (bicyclic) bond motifs is 1. The highest BCUT2D eigenvalue weighted by Gasteiger charge is 2.44. The van der Waals surface area contributed by atoms with Crippen molar-refractivity contribution in [2.75, 3.05) is 44.3 Å². The molecule has 162 valence electrons. The maximum Gasteiger partial charge on any atom is 0.180 e. The van der Waals surface area contributed by atoms with Gasteiger partial charge in [0.15, 0.2) is 11.6 Å². The number of morpholine rings is 1. The summed E-state index contributed by atoms with van der Waals surface area (Å²) in [6.07, 6.45) is 3.06. The number of hydrogen-bond donors (Lipinski definition) is 1. The van der Waals surface area contributed by atoms with Gasteiger partial charge in [-0.15, -0.1) is 0 Å². The van der Waals surface area contributed by atoms with Crippen LogP contribution in [0.25, 0.3) is 11.5 Å². The molecule has 0 spiro atoms. The van der Waals surface area contributed by atoms with Crippen molar-refractivity contribution in [3.63, 3.8) is 0 Å². The number of pyridine rings is 1. The topological polar surface area (TPSA) is 98.4 Å². The first-order valence-corrected chi connectivity index (χ1v) is 11.1. The maximum absolute atomic E-state index is 10.9. The summed E-state index contributed by atoms with van der Waals surface area (Å²) in [6.45, 7) is 6.86. The van der Waals surface area contributed by atoms with Crippen molar-refractivity contribution in [1.82, 2.24) is 19.9 Å². The summed E-state index contributed by atoms with van der Waals surface area (Å²) < 4.78 is 5.49. The normalized spacial score (nSPS) is 28.9. The number of hydrogen-bond acceptors (Lipinski definition) is 8. The summed E-state index contributed by atoms with van der Waals surface area (Å²) >= 11 is 0. The number of aryl methyl sites for hydroxylation is 1. The molecule has 1 saturated carbocycles. The number of aliphatic hydroxyl groups excluding tert-OH is 1. The minimum atomic E-state index is -0.313. The fourth-order valence-electron chi connectivity index (χ4n) is 5.37. The van der Waals surface area contributed by atoms with E-state index in [1.165, 1.54) is 0 Å². The summed E-state index contributed by atoms with van der Waals surface area (Å²) in [5, 5.41) is 20.5. The van der Waals surface area contributed by atoms with Gasteiger partial charge < -0.3 is 14.7 Å². The summed E-state index contributed by atoms with van der Waals surface area (Å²) in [7, 11) is 0. The lowest BCUT2D eigenvalue weighted by Crippen LogP contribution is -2.53.